The van der Waals surface area contributed by atoms with Gasteiger partial charge in [0, 0.05) is 50.5 Å². The Labute approximate surface area is 114 Å². The van der Waals surface area contributed by atoms with Gasteiger partial charge in [0.25, 0.3) is 0 Å². The number of rotatable bonds is 3. The van der Waals surface area contributed by atoms with Gasteiger partial charge in [0.15, 0.2) is 0 Å². The molecule has 0 aliphatic carbocycles. The largest absolute Gasteiger partial charge is 0.399 e. The molecule has 1 heterocycles. The van der Waals surface area contributed by atoms with Crippen LogP contribution in [0.15, 0.2) is 24.3 Å². The van der Waals surface area contributed by atoms with E-state index in [1.54, 1.807) is 4.90 Å². The summed E-state index contributed by atoms with van der Waals surface area (Å²) >= 11 is 0. The molecule has 0 saturated carbocycles. The summed E-state index contributed by atoms with van der Waals surface area (Å²) in [4.78, 5) is 16.2. The molecule has 2 rings (SSSR count). The quantitative estimate of drug-likeness (QED) is 0.780. The maximum Gasteiger partial charge on any atom is 0.228 e. The van der Waals surface area contributed by atoms with Crippen molar-refractivity contribution in [3.8, 4) is 0 Å². The number of nitrogen functional groups attached to an aromatic ring is 1. The van der Waals surface area contributed by atoms with Gasteiger partial charge in [-0.25, -0.2) is 0 Å². The second-order valence-electron chi connectivity index (χ2n) is 5.09. The minimum absolute atomic E-state index is 0.130. The Balaban J connectivity index is 1.97. The van der Waals surface area contributed by atoms with Crippen molar-refractivity contribution in [1.29, 1.82) is 0 Å². The third-order valence-corrected chi connectivity index (χ3v) is 3.71. The average molecular weight is 262 g/mol. The molecule has 1 aliphatic rings. The van der Waals surface area contributed by atoms with Crippen LogP contribution in [0.5, 0.6) is 0 Å². The predicted molar refractivity (Wildman–Crippen MR) is 78.2 cm³/mol. The standard InChI is InChI=1S/C14H22N4O/c1-17-8-7-16-10-13(17)9-14(19)18(2)12-5-3-11(15)4-6-12/h3-6,13,16H,7-10,15H2,1-2H3. The molecule has 1 unspecified atom stereocenters. The zero-order valence-corrected chi connectivity index (χ0v) is 11.6. The maximum absolute atomic E-state index is 12.3. The SMILES string of the molecule is CN(C(=O)CC1CNCCN1C)c1ccc(N)cc1. The number of nitrogens with one attached hydrogen (secondary N) is 1. The Morgan fingerprint density at radius 3 is 2.79 bits per heavy atom. The van der Waals surface area contributed by atoms with Crippen LogP contribution < -0.4 is 16.0 Å². The Morgan fingerprint density at radius 2 is 2.16 bits per heavy atom. The smallest absolute Gasteiger partial charge is 0.228 e. The second kappa shape index (κ2) is 6.04. The van der Waals surface area contributed by atoms with E-state index < -0.39 is 0 Å². The second-order valence-corrected chi connectivity index (χ2v) is 5.09. The number of hydrogen-bond donors (Lipinski definition) is 2. The van der Waals surface area contributed by atoms with Crippen LogP contribution >= 0.6 is 0 Å². The van der Waals surface area contributed by atoms with Gasteiger partial charge in [-0.15, -0.1) is 0 Å². The fraction of sp³-hybridized carbons (Fsp3) is 0.500. The van der Waals surface area contributed by atoms with Gasteiger partial charge in [-0.2, -0.15) is 0 Å². The van der Waals surface area contributed by atoms with Gasteiger partial charge in [-0.1, -0.05) is 0 Å². The van der Waals surface area contributed by atoms with Gasteiger partial charge in [0.1, 0.15) is 0 Å². The monoisotopic (exact) mass is 262 g/mol. The number of piperazine rings is 1. The first-order valence-electron chi connectivity index (χ1n) is 6.61. The molecule has 0 spiro atoms. The Kier molecular flexibility index (Phi) is 4.39. The molecule has 0 aromatic heterocycles. The van der Waals surface area contributed by atoms with Crippen molar-refractivity contribution in [1.82, 2.24) is 10.2 Å². The minimum Gasteiger partial charge on any atom is -0.399 e. The van der Waals surface area contributed by atoms with Crippen LogP contribution in [-0.2, 0) is 4.79 Å². The van der Waals surface area contributed by atoms with Crippen LogP contribution in [0.2, 0.25) is 0 Å². The molecule has 1 aromatic carbocycles. The van der Waals surface area contributed by atoms with Crippen LogP contribution in [0.3, 0.4) is 0 Å². The molecular weight excluding hydrogens is 240 g/mol. The van der Waals surface area contributed by atoms with Crippen molar-refractivity contribution in [3.05, 3.63) is 24.3 Å². The summed E-state index contributed by atoms with van der Waals surface area (Å²) in [6.45, 7) is 2.86. The van der Waals surface area contributed by atoms with Gasteiger partial charge < -0.3 is 20.9 Å². The maximum atomic E-state index is 12.3. The molecule has 0 bridgehead atoms. The molecule has 3 N–H and O–H groups in total. The van der Waals surface area contributed by atoms with Crippen LogP contribution in [0.25, 0.3) is 0 Å². The highest BCUT2D eigenvalue weighted by Gasteiger charge is 2.23. The minimum atomic E-state index is 0.130. The fourth-order valence-corrected chi connectivity index (χ4v) is 2.27. The summed E-state index contributed by atoms with van der Waals surface area (Å²) < 4.78 is 0. The summed E-state index contributed by atoms with van der Waals surface area (Å²) in [5.41, 5.74) is 7.24. The van der Waals surface area contributed by atoms with E-state index in [0.29, 0.717) is 12.1 Å². The zero-order valence-electron chi connectivity index (χ0n) is 11.6. The van der Waals surface area contributed by atoms with Crippen molar-refractivity contribution in [3.63, 3.8) is 0 Å². The van der Waals surface area contributed by atoms with Gasteiger partial charge in [-0.3, -0.25) is 4.79 Å². The summed E-state index contributed by atoms with van der Waals surface area (Å²) in [5, 5.41) is 3.33. The third kappa shape index (κ3) is 3.45. The molecule has 104 valence electrons. The average Bonchev–Trinajstić information content (AvgIpc) is 2.41. The van der Waals surface area contributed by atoms with Crippen LogP contribution in [0.1, 0.15) is 6.42 Å². The molecule has 19 heavy (non-hydrogen) atoms. The first-order chi connectivity index (χ1) is 9.08. The predicted octanol–water partition coefficient (Wildman–Crippen LogP) is 0.525. The first kappa shape index (κ1) is 13.8. The number of carbonyl (C=O) groups excluding carboxylic acids is 1. The van der Waals surface area contributed by atoms with E-state index in [0.717, 1.165) is 25.3 Å². The van der Waals surface area contributed by atoms with E-state index in [9.17, 15) is 4.79 Å². The lowest BCUT2D eigenvalue weighted by Crippen LogP contribution is -2.51. The van der Waals surface area contributed by atoms with Crippen molar-refractivity contribution in [2.75, 3.05) is 44.4 Å². The molecule has 0 radical (unpaired) electrons. The Bertz CT molecular complexity index is 432. The first-order valence-corrected chi connectivity index (χ1v) is 6.61. The molecule has 1 saturated heterocycles. The number of amides is 1. The molecule has 5 heteroatoms. The van der Waals surface area contributed by atoms with E-state index in [1.807, 2.05) is 31.3 Å². The number of nitrogens with zero attached hydrogens (tertiary/aromatic N) is 2. The highest BCUT2D eigenvalue weighted by atomic mass is 16.2. The lowest BCUT2D eigenvalue weighted by molar-refractivity contribution is -0.119. The van der Waals surface area contributed by atoms with Crippen molar-refractivity contribution >= 4 is 17.3 Å². The van der Waals surface area contributed by atoms with E-state index in [4.69, 9.17) is 5.73 Å². The highest BCUT2D eigenvalue weighted by molar-refractivity contribution is 5.93. The van der Waals surface area contributed by atoms with Crippen molar-refractivity contribution < 1.29 is 4.79 Å². The van der Waals surface area contributed by atoms with E-state index in [-0.39, 0.29) is 11.9 Å². The lowest BCUT2D eigenvalue weighted by Gasteiger charge is -2.33. The number of nitrogens with two attached hydrogens (primary N) is 1. The van der Waals surface area contributed by atoms with E-state index in [1.165, 1.54) is 0 Å². The highest BCUT2D eigenvalue weighted by Crippen LogP contribution is 2.17. The zero-order chi connectivity index (χ0) is 13.8. The summed E-state index contributed by atoms with van der Waals surface area (Å²) in [6.07, 6.45) is 0.532. The Hall–Kier alpha value is -1.59. The number of carbonyl (C=O) groups is 1. The summed E-state index contributed by atoms with van der Waals surface area (Å²) in [6, 6.07) is 7.64. The normalized spacial score (nSPS) is 20.2. The summed E-state index contributed by atoms with van der Waals surface area (Å²) in [5.74, 6) is 0.130. The number of likely N-dealkylation sites (N-methyl/N-ethyl adjacent to an activating group) is 1. The van der Waals surface area contributed by atoms with Crippen molar-refractivity contribution in [2.45, 2.75) is 12.5 Å². The van der Waals surface area contributed by atoms with Gasteiger partial charge in [0.05, 0.1) is 0 Å². The Morgan fingerprint density at radius 1 is 1.47 bits per heavy atom. The molecule has 1 amide bonds. The van der Waals surface area contributed by atoms with Gasteiger partial charge >= 0.3 is 0 Å². The molecule has 5 nitrogen and oxygen atoms in total. The fourth-order valence-electron chi connectivity index (χ4n) is 2.27. The lowest BCUT2D eigenvalue weighted by atomic mass is 10.1. The molecule has 1 fully saturated rings. The number of anilines is 2. The number of hydrogen-bond acceptors (Lipinski definition) is 4. The summed E-state index contributed by atoms with van der Waals surface area (Å²) in [7, 11) is 3.88. The molecule has 1 aliphatic heterocycles. The van der Waals surface area contributed by atoms with Crippen LogP contribution in [0, 0.1) is 0 Å². The van der Waals surface area contributed by atoms with Gasteiger partial charge in [0.2, 0.25) is 5.91 Å². The molecular formula is C14H22N4O. The number of benzene rings is 1. The topological polar surface area (TPSA) is 61.6 Å². The van der Waals surface area contributed by atoms with Crippen LogP contribution in [-0.4, -0.2) is 50.6 Å². The van der Waals surface area contributed by atoms with Gasteiger partial charge in [-0.05, 0) is 31.3 Å². The molecule has 1 aromatic rings. The van der Waals surface area contributed by atoms with E-state index in [2.05, 4.69) is 17.3 Å². The van der Waals surface area contributed by atoms with Crippen molar-refractivity contribution in [2.24, 2.45) is 0 Å². The molecule has 1 atom stereocenters. The third-order valence-electron chi connectivity index (χ3n) is 3.71. The van der Waals surface area contributed by atoms with E-state index >= 15 is 0 Å². The van der Waals surface area contributed by atoms with Crippen LogP contribution in [0.4, 0.5) is 11.4 Å².